The summed E-state index contributed by atoms with van der Waals surface area (Å²) in [5.41, 5.74) is 5.85. The third-order valence-corrected chi connectivity index (χ3v) is 3.86. The summed E-state index contributed by atoms with van der Waals surface area (Å²) in [4.78, 5) is 26.2. The fourth-order valence-electron chi connectivity index (χ4n) is 2.37. The van der Waals surface area contributed by atoms with Crippen molar-refractivity contribution < 1.29 is 23.8 Å². The molecule has 0 atom stereocenters. The summed E-state index contributed by atoms with van der Waals surface area (Å²) in [6.45, 7) is 0.0609. The number of halogens is 2. The number of nitrogens with zero attached hydrogens (tertiary/aromatic N) is 1. The molecule has 0 unspecified atom stereocenters. The normalized spacial score (nSPS) is 10.7. The first-order valence-electron chi connectivity index (χ1n) is 7.40. The van der Waals surface area contributed by atoms with Crippen molar-refractivity contribution in [1.29, 1.82) is 0 Å². The van der Waals surface area contributed by atoms with Crippen molar-refractivity contribution >= 4 is 34.4 Å². The summed E-state index contributed by atoms with van der Waals surface area (Å²) < 4.78 is 19.8. The van der Waals surface area contributed by atoms with Crippen LogP contribution in [0.4, 0.5) is 4.39 Å². The smallest absolute Gasteiger partial charge is 0.335 e. The van der Waals surface area contributed by atoms with Gasteiger partial charge in [0.1, 0.15) is 23.6 Å². The van der Waals surface area contributed by atoms with Crippen molar-refractivity contribution in [3.8, 4) is 5.75 Å². The molecular formula is C18H12ClFN2O4. The number of nitrogens with two attached hydrogens (primary N) is 1. The third kappa shape index (κ3) is 3.57. The number of hydrogen-bond donors (Lipinski definition) is 2. The van der Waals surface area contributed by atoms with Gasteiger partial charge in [0, 0.05) is 16.5 Å². The molecule has 2 aromatic carbocycles. The first-order valence-corrected chi connectivity index (χ1v) is 7.77. The number of aromatic carboxylic acids is 1. The lowest BCUT2D eigenvalue weighted by Crippen LogP contribution is -2.13. The molecule has 26 heavy (non-hydrogen) atoms. The topological polar surface area (TPSA) is 103 Å². The fourth-order valence-corrected chi connectivity index (χ4v) is 2.58. The lowest BCUT2D eigenvalue weighted by atomic mass is 10.1. The number of aromatic nitrogens is 1. The Balaban J connectivity index is 1.97. The van der Waals surface area contributed by atoms with Gasteiger partial charge < -0.3 is 15.6 Å². The van der Waals surface area contributed by atoms with Crippen molar-refractivity contribution in [1.82, 2.24) is 4.98 Å². The molecule has 0 aliphatic carbocycles. The van der Waals surface area contributed by atoms with Gasteiger partial charge in [0.05, 0.1) is 5.56 Å². The lowest BCUT2D eigenvalue weighted by molar-refractivity contribution is 0.0696. The first-order chi connectivity index (χ1) is 12.3. The number of carbonyl (C=O) groups is 2. The number of pyridine rings is 1. The van der Waals surface area contributed by atoms with E-state index in [0.29, 0.717) is 10.9 Å². The summed E-state index contributed by atoms with van der Waals surface area (Å²) in [7, 11) is 0. The molecule has 3 aromatic rings. The van der Waals surface area contributed by atoms with Crippen molar-refractivity contribution in [2.24, 2.45) is 5.73 Å². The number of ether oxygens (including phenoxy) is 1. The molecule has 0 saturated carbocycles. The molecule has 0 saturated heterocycles. The Hall–Kier alpha value is -3.19. The van der Waals surface area contributed by atoms with Gasteiger partial charge >= 0.3 is 5.97 Å². The largest absolute Gasteiger partial charge is 0.488 e. The lowest BCUT2D eigenvalue weighted by Gasteiger charge is -2.11. The van der Waals surface area contributed by atoms with Crippen molar-refractivity contribution in [2.75, 3.05) is 0 Å². The van der Waals surface area contributed by atoms with E-state index < -0.39 is 17.7 Å². The summed E-state index contributed by atoms with van der Waals surface area (Å²) in [5.74, 6) is -2.37. The summed E-state index contributed by atoms with van der Waals surface area (Å²) in [6, 6.07) is 9.93. The van der Waals surface area contributed by atoms with E-state index in [2.05, 4.69) is 4.98 Å². The minimum atomic E-state index is -1.03. The quantitative estimate of drug-likeness (QED) is 0.712. The van der Waals surface area contributed by atoms with Crippen LogP contribution in [-0.4, -0.2) is 22.0 Å². The number of fused-ring (bicyclic) bond motifs is 1. The zero-order valence-corrected chi connectivity index (χ0v) is 14.0. The molecule has 132 valence electrons. The van der Waals surface area contributed by atoms with Crippen LogP contribution in [0.1, 0.15) is 26.4 Å². The van der Waals surface area contributed by atoms with Gasteiger partial charge in [0.2, 0.25) is 0 Å². The molecule has 1 aromatic heterocycles. The number of carboxylic acids is 1. The fraction of sp³-hybridized carbons (Fsp3) is 0.0556. The van der Waals surface area contributed by atoms with E-state index >= 15 is 0 Å². The Labute approximate surface area is 152 Å². The summed E-state index contributed by atoms with van der Waals surface area (Å²) in [6.07, 6.45) is 0. The van der Waals surface area contributed by atoms with Crippen molar-refractivity contribution in [3.63, 3.8) is 0 Å². The summed E-state index contributed by atoms with van der Waals surface area (Å²) in [5, 5.41) is 9.35. The Morgan fingerprint density at radius 2 is 1.88 bits per heavy atom. The molecular weight excluding hydrogens is 363 g/mol. The van der Waals surface area contributed by atoms with E-state index in [9.17, 15) is 14.0 Å². The van der Waals surface area contributed by atoms with Gasteiger partial charge in [0.15, 0.2) is 5.82 Å². The van der Waals surface area contributed by atoms with Gasteiger partial charge in [-0.3, -0.25) is 4.79 Å². The van der Waals surface area contributed by atoms with E-state index in [1.807, 2.05) is 0 Å². The third-order valence-electron chi connectivity index (χ3n) is 3.64. The van der Waals surface area contributed by atoms with E-state index in [1.54, 1.807) is 12.1 Å². The van der Waals surface area contributed by atoms with Crippen LogP contribution >= 0.6 is 11.6 Å². The number of primary amides is 1. The molecule has 0 aliphatic heterocycles. The van der Waals surface area contributed by atoms with E-state index in [-0.39, 0.29) is 34.2 Å². The highest BCUT2D eigenvalue weighted by Crippen LogP contribution is 2.31. The molecule has 0 spiro atoms. The van der Waals surface area contributed by atoms with Crippen LogP contribution < -0.4 is 10.5 Å². The van der Waals surface area contributed by atoms with Crippen LogP contribution in [0, 0.1) is 5.82 Å². The van der Waals surface area contributed by atoms with Gasteiger partial charge in [-0.2, -0.15) is 0 Å². The second kappa shape index (κ2) is 6.97. The highest BCUT2D eigenvalue weighted by Gasteiger charge is 2.15. The molecule has 6 nitrogen and oxygen atoms in total. The predicted octanol–water partition coefficient (Wildman–Crippen LogP) is 3.40. The van der Waals surface area contributed by atoms with Crippen molar-refractivity contribution in [3.05, 3.63) is 70.1 Å². The van der Waals surface area contributed by atoms with Crippen LogP contribution in [0.5, 0.6) is 5.75 Å². The zero-order valence-electron chi connectivity index (χ0n) is 13.2. The number of carbonyl (C=O) groups excluding carboxylic acids is 1. The molecule has 0 bridgehead atoms. The first kappa shape index (κ1) is 17.6. The van der Waals surface area contributed by atoms with Crippen LogP contribution in [-0.2, 0) is 6.61 Å². The minimum absolute atomic E-state index is 0.0609. The molecule has 0 aliphatic rings. The monoisotopic (exact) mass is 374 g/mol. The average molecular weight is 375 g/mol. The Kier molecular flexibility index (Phi) is 4.73. The van der Waals surface area contributed by atoms with Gasteiger partial charge in [-0.15, -0.1) is 0 Å². The molecule has 3 rings (SSSR count). The van der Waals surface area contributed by atoms with E-state index in [0.717, 1.165) is 6.07 Å². The van der Waals surface area contributed by atoms with Gasteiger partial charge in [-0.05, 0) is 29.8 Å². The van der Waals surface area contributed by atoms with Gasteiger partial charge in [-0.25, -0.2) is 14.2 Å². The Morgan fingerprint density at radius 1 is 1.19 bits per heavy atom. The molecule has 0 radical (unpaired) electrons. The second-order valence-corrected chi connectivity index (χ2v) is 5.88. The average Bonchev–Trinajstić information content (AvgIpc) is 2.60. The number of carboxylic acid groups (broad SMARTS) is 1. The zero-order chi connectivity index (χ0) is 18.8. The molecule has 1 amide bonds. The van der Waals surface area contributed by atoms with Crippen LogP contribution in [0.25, 0.3) is 10.9 Å². The number of hydrogen-bond acceptors (Lipinski definition) is 4. The Bertz CT molecular complexity index is 1020. The number of benzene rings is 2. The van der Waals surface area contributed by atoms with Crippen LogP contribution in [0.3, 0.4) is 0 Å². The standard InChI is InChI=1S/C18H12ClFN2O4/c19-11-5-12-15(7-14(17(21)23)22-16(12)13(20)6-11)26-8-9-1-3-10(4-2-9)18(24)25/h1-7H,8H2,(H2,21,23)(H,24,25). The van der Waals surface area contributed by atoms with Crippen molar-refractivity contribution in [2.45, 2.75) is 6.61 Å². The maximum Gasteiger partial charge on any atom is 0.335 e. The highest BCUT2D eigenvalue weighted by molar-refractivity contribution is 6.31. The van der Waals surface area contributed by atoms with E-state index in [4.69, 9.17) is 27.2 Å². The van der Waals surface area contributed by atoms with E-state index in [1.165, 1.54) is 24.3 Å². The SMILES string of the molecule is NC(=O)c1cc(OCc2ccc(C(=O)O)cc2)c2cc(Cl)cc(F)c2n1. The predicted molar refractivity (Wildman–Crippen MR) is 93.0 cm³/mol. The Morgan fingerprint density at radius 3 is 2.50 bits per heavy atom. The van der Waals surface area contributed by atoms with Gasteiger partial charge in [0.25, 0.3) is 5.91 Å². The molecule has 3 N–H and O–H groups in total. The highest BCUT2D eigenvalue weighted by atomic mass is 35.5. The van der Waals surface area contributed by atoms with Crippen LogP contribution in [0.2, 0.25) is 5.02 Å². The minimum Gasteiger partial charge on any atom is -0.488 e. The van der Waals surface area contributed by atoms with Gasteiger partial charge in [-0.1, -0.05) is 23.7 Å². The molecule has 0 fully saturated rings. The second-order valence-electron chi connectivity index (χ2n) is 5.44. The maximum absolute atomic E-state index is 14.1. The maximum atomic E-state index is 14.1. The molecule has 1 heterocycles. The molecule has 8 heteroatoms. The number of amides is 1. The summed E-state index contributed by atoms with van der Waals surface area (Å²) >= 11 is 5.89. The number of rotatable bonds is 5. The van der Waals surface area contributed by atoms with Crippen LogP contribution in [0.15, 0.2) is 42.5 Å².